The molecule has 1 atom stereocenters. The van der Waals surface area contributed by atoms with Crippen molar-refractivity contribution in [1.29, 1.82) is 5.26 Å². The molecule has 0 unspecified atom stereocenters. The summed E-state index contributed by atoms with van der Waals surface area (Å²) in [6.07, 6.45) is 0. The van der Waals surface area contributed by atoms with Gasteiger partial charge in [0.15, 0.2) is 0 Å². The van der Waals surface area contributed by atoms with E-state index in [0.29, 0.717) is 38.1 Å². The fourth-order valence-electron chi connectivity index (χ4n) is 3.45. The smallest absolute Gasteiger partial charge is 0.336 e. The summed E-state index contributed by atoms with van der Waals surface area (Å²) in [5.41, 5.74) is 2.56. The number of halogens is 2. The summed E-state index contributed by atoms with van der Waals surface area (Å²) in [6, 6.07) is 16.4. The molecule has 0 saturated carbocycles. The average molecular weight is 577 g/mol. The number of rotatable bonds is 9. The molecule has 0 aromatic heterocycles. The van der Waals surface area contributed by atoms with Gasteiger partial charge in [-0.3, -0.25) is 4.79 Å². The van der Waals surface area contributed by atoms with Crippen LogP contribution in [0.1, 0.15) is 18.4 Å². The number of methoxy groups -OCH3 is 1. The second-order valence-corrected chi connectivity index (χ2v) is 9.81. The van der Waals surface area contributed by atoms with Crippen molar-refractivity contribution >= 4 is 56.9 Å². The van der Waals surface area contributed by atoms with Crippen molar-refractivity contribution in [2.45, 2.75) is 12.8 Å². The van der Waals surface area contributed by atoms with Gasteiger partial charge in [-0.25, -0.2) is 4.79 Å². The number of anilines is 1. The van der Waals surface area contributed by atoms with E-state index in [4.69, 9.17) is 21.1 Å². The summed E-state index contributed by atoms with van der Waals surface area (Å²) in [4.78, 5) is 25.5. The lowest BCUT2D eigenvalue weighted by Crippen LogP contribution is -2.29. The molecule has 2 aromatic rings. The average Bonchev–Trinajstić information content (AvgIpc) is 2.84. The van der Waals surface area contributed by atoms with Gasteiger partial charge in [0.25, 0.3) is 0 Å². The van der Waals surface area contributed by atoms with Gasteiger partial charge in [-0.05, 0) is 48.9 Å². The number of hydrogen-bond donors (Lipinski definition) is 2. The minimum absolute atomic E-state index is 0.0673. The van der Waals surface area contributed by atoms with Crippen molar-refractivity contribution < 1.29 is 19.1 Å². The number of carbonyl (C=O) groups is 2. The molecule has 35 heavy (non-hydrogen) atoms. The minimum atomic E-state index is -0.675. The van der Waals surface area contributed by atoms with Crippen LogP contribution in [0.4, 0.5) is 5.69 Å². The Bertz CT molecular complexity index is 1190. The molecular weight excluding hydrogens is 554 g/mol. The molecule has 1 heterocycles. The molecule has 7 nitrogen and oxygen atoms in total. The number of esters is 1. The SMILES string of the molecule is COCCOC(=O)C1=C(C)NC(SCC(=O)Nc2ccc(Br)cc2)=C(C#N)[C@H]1c1ccc(Cl)cc1. The van der Waals surface area contributed by atoms with E-state index in [1.807, 2.05) is 12.1 Å². The molecule has 10 heteroatoms. The number of dihydropyridines is 1. The number of benzene rings is 2. The predicted octanol–water partition coefficient (Wildman–Crippen LogP) is 5.36. The zero-order chi connectivity index (χ0) is 25.4. The maximum atomic E-state index is 13.0. The quantitative estimate of drug-likeness (QED) is 0.306. The lowest BCUT2D eigenvalue weighted by molar-refractivity contribution is -0.140. The van der Waals surface area contributed by atoms with Crippen molar-refractivity contribution in [3.8, 4) is 6.07 Å². The van der Waals surface area contributed by atoms with Crippen LogP contribution in [0.25, 0.3) is 0 Å². The highest BCUT2D eigenvalue weighted by molar-refractivity contribution is 9.10. The van der Waals surface area contributed by atoms with Crippen molar-refractivity contribution in [1.82, 2.24) is 5.32 Å². The maximum absolute atomic E-state index is 13.0. The van der Waals surface area contributed by atoms with Gasteiger partial charge in [-0.15, -0.1) is 0 Å². The summed E-state index contributed by atoms with van der Waals surface area (Å²) in [7, 11) is 1.52. The number of hydrogen-bond acceptors (Lipinski definition) is 7. The number of amides is 1. The van der Waals surface area contributed by atoms with Gasteiger partial charge in [-0.2, -0.15) is 5.26 Å². The third-order valence-electron chi connectivity index (χ3n) is 5.07. The van der Waals surface area contributed by atoms with Crippen molar-refractivity contribution in [2.75, 3.05) is 31.4 Å². The minimum Gasteiger partial charge on any atom is -0.460 e. The molecule has 1 aliphatic heterocycles. The Labute approximate surface area is 221 Å². The Kier molecular flexibility index (Phi) is 9.81. The number of ether oxygens (including phenoxy) is 2. The fraction of sp³-hybridized carbons (Fsp3) is 0.240. The van der Waals surface area contributed by atoms with Gasteiger partial charge in [0.05, 0.1) is 40.5 Å². The van der Waals surface area contributed by atoms with Crippen LogP contribution in [0.15, 0.2) is 74.9 Å². The second kappa shape index (κ2) is 12.8. The number of nitrogens with zero attached hydrogens (tertiary/aromatic N) is 1. The van der Waals surface area contributed by atoms with Crippen molar-refractivity contribution in [3.63, 3.8) is 0 Å². The topological polar surface area (TPSA) is 100 Å². The van der Waals surface area contributed by atoms with Gasteiger partial charge < -0.3 is 20.1 Å². The summed E-state index contributed by atoms with van der Waals surface area (Å²) in [5, 5.41) is 17.1. The van der Waals surface area contributed by atoms with Crippen LogP contribution in [0.2, 0.25) is 5.02 Å². The third-order valence-corrected chi connectivity index (χ3v) is 6.86. The van der Waals surface area contributed by atoms with E-state index in [0.717, 1.165) is 4.47 Å². The molecular formula is C25H23BrClN3O4S. The summed E-state index contributed by atoms with van der Waals surface area (Å²) < 4.78 is 11.2. The number of carbonyl (C=O) groups excluding carboxylic acids is 2. The van der Waals surface area contributed by atoms with Crippen LogP contribution in [0, 0.1) is 11.3 Å². The number of nitriles is 1. The van der Waals surface area contributed by atoms with E-state index in [1.54, 1.807) is 43.3 Å². The highest BCUT2D eigenvalue weighted by atomic mass is 79.9. The molecule has 3 rings (SSSR count). The summed E-state index contributed by atoms with van der Waals surface area (Å²) in [6.45, 7) is 2.09. The highest BCUT2D eigenvalue weighted by Crippen LogP contribution is 2.41. The van der Waals surface area contributed by atoms with Gasteiger partial charge in [0, 0.05) is 28.0 Å². The van der Waals surface area contributed by atoms with Crippen LogP contribution >= 0.6 is 39.3 Å². The molecule has 0 radical (unpaired) electrons. The van der Waals surface area contributed by atoms with Crippen LogP contribution in [0.5, 0.6) is 0 Å². The first kappa shape index (κ1) is 26.8. The molecule has 1 amide bonds. The highest BCUT2D eigenvalue weighted by Gasteiger charge is 2.35. The Hall–Kier alpha value is -2.77. The largest absolute Gasteiger partial charge is 0.460 e. The first-order valence-electron chi connectivity index (χ1n) is 10.6. The normalized spacial score (nSPS) is 15.3. The summed E-state index contributed by atoms with van der Waals surface area (Å²) in [5.74, 6) is -1.38. The maximum Gasteiger partial charge on any atom is 0.336 e. The van der Waals surface area contributed by atoms with E-state index in [-0.39, 0.29) is 24.9 Å². The number of nitrogens with one attached hydrogen (secondary N) is 2. The van der Waals surface area contributed by atoms with E-state index in [2.05, 4.69) is 32.6 Å². The molecule has 0 fully saturated rings. The molecule has 0 bridgehead atoms. The molecule has 182 valence electrons. The summed E-state index contributed by atoms with van der Waals surface area (Å²) >= 11 is 10.6. The zero-order valence-corrected chi connectivity index (χ0v) is 22.2. The van der Waals surface area contributed by atoms with Crippen molar-refractivity contribution in [3.05, 3.63) is 85.5 Å². The molecule has 0 spiro atoms. The Morgan fingerprint density at radius 3 is 2.49 bits per heavy atom. The van der Waals surface area contributed by atoms with E-state index in [1.165, 1.54) is 18.9 Å². The van der Waals surface area contributed by atoms with Crippen LogP contribution in [-0.2, 0) is 19.1 Å². The molecule has 2 N–H and O–H groups in total. The predicted molar refractivity (Wildman–Crippen MR) is 141 cm³/mol. The van der Waals surface area contributed by atoms with E-state index < -0.39 is 11.9 Å². The standard InChI is InChI=1S/C25H23BrClN3O4S/c1-15-22(25(32)34-12-11-33-2)23(16-3-7-18(27)8-4-16)20(13-28)24(29-15)35-14-21(31)30-19-9-5-17(26)6-10-19/h3-10,23,29H,11-12,14H2,1-2H3,(H,30,31)/t23-/m1/s1. The molecule has 0 saturated heterocycles. The van der Waals surface area contributed by atoms with Crippen LogP contribution in [-0.4, -0.2) is 38.0 Å². The first-order chi connectivity index (χ1) is 16.8. The number of thioether (sulfide) groups is 1. The lowest BCUT2D eigenvalue weighted by Gasteiger charge is -2.29. The van der Waals surface area contributed by atoms with Crippen molar-refractivity contribution in [2.24, 2.45) is 0 Å². The van der Waals surface area contributed by atoms with Gasteiger partial charge in [0.1, 0.15) is 6.61 Å². The monoisotopic (exact) mass is 575 g/mol. The van der Waals surface area contributed by atoms with Crippen LogP contribution in [0.3, 0.4) is 0 Å². The Morgan fingerprint density at radius 1 is 1.17 bits per heavy atom. The Morgan fingerprint density at radius 2 is 1.86 bits per heavy atom. The lowest BCUT2D eigenvalue weighted by atomic mass is 9.82. The second-order valence-electron chi connectivity index (χ2n) is 7.48. The Balaban J connectivity index is 1.86. The molecule has 0 aliphatic carbocycles. The molecule has 2 aromatic carbocycles. The molecule has 1 aliphatic rings. The van der Waals surface area contributed by atoms with E-state index >= 15 is 0 Å². The first-order valence-corrected chi connectivity index (χ1v) is 12.7. The van der Waals surface area contributed by atoms with Crippen LogP contribution < -0.4 is 10.6 Å². The third kappa shape index (κ3) is 7.12. The zero-order valence-electron chi connectivity index (χ0n) is 19.1. The van der Waals surface area contributed by atoms with E-state index in [9.17, 15) is 14.9 Å². The van der Waals surface area contributed by atoms with Gasteiger partial charge in [-0.1, -0.05) is 51.4 Å². The number of allylic oxidation sites excluding steroid dienone is 2. The van der Waals surface area contributed by atoms with Gasteiger partial charge in [0.2, 0.25) is 5.91 Å². The van der Waals surface area contributed by atoms with Gasteiger partial charge >= 0.3 is 5.97 Å². The fourth-order valence-corrected chi connectivity index (χ4v) is 4.73.